The van der Waals surface area contributed by atoms with Crippen molar-refractivity contribution in [3.05, 3.63) is 65.1 Å². The number of aromatic amines is 1. The molecule has 0 aliphatic rings. The molecule has 0 aliphatic carbocycles. The maximum atomic E-state index is 11.3. The molecular formula is C16H12N4O. The van der Waals surface area contributed by atoms with Crippen molar-refractivity contribution in [3.63, 3.8) is 0 Å². The van der Waals surface area contributed by atoms with E-state index in [-0.39, 0.29) is 5.56 Å². The fourth-order valence-electron chi connectivity index (χ4n) is 2.53. The van der Waals surface area contributed by atoms with Gasteiger partial charge in [-0.3, -0.25) is 9.20 Å². The Kier molecular flexibility index (Phi) is 2.35. The predicted octanol–water partition coefficient (Wildman–Crippen LogP) is 2.42. The molecule has 0 fully saturated rings. The van der Waals surface area contributed by atoms with Gasteiger partial charge in [-0.2, -0.15) is 0 Å². The Balaban J connectivity index is 1.97. The van der Waals surface area contributed by atoms with Crippen LogP contribution in [0.3, 0.4) is 0 Å². The highest BCUT2D eigenvalue weighted by Gasteiger charge is 2.11. The van der Waals surface area contributed by atoms with Crippen molar-refractivity contribution in [1.29, 1.82) is 0 Å². The molecule has 0 amide bonds. The molecule has 0 saturated carbocycles. The minimum absolute atomic E-state index is 0.109. The summed E-state index contributed by atoms with van der Waals surface area (Å²) in [5.74, 6) is 0.606. The maximum absolute atomic E-state index is 11.3. The summed E-state index contributed by atoms with van der Waals surface area (Å²) in [6.45, 7) is 0. The first-order valence-corrected chi connectivity index (χ1v) is 6.58. The summed E-state index contributed by atoms with van der Waals surface area (Å²) in [6, 6.07) is 14.8. The van der Waals surface area contributed by atoms with Crippen LogP contribution in [0.25, 0.3) is 27.8 Å². The van der Waals surface area contributed by atoms with Crippen LogP contribution in [0.15, 0.2) is 59.5 Å². The molecule has 21 heavy (non-hydrogen) atoms. The van der Waals surface area contributed by atoms with E-state index in [0.29, 0.717) is 5.82 Å². The second kappa shape index (κ2) is 4.21. The van der Waals surface area contributed by atoms with E-state index in [0.717, 1.165) is 27.8 Å². The van der Waals surface area contributed by atoms with Crippen molar-refractivity contribution in [2.24, 2.45) is 0 Å². The molecule has 0 saturated heterocycles. The van der Waals surface area contributed by atoms with Crippen LogP contribution >= 0.6 is 0 Å². The summed E-state index contributed by atoms with van der Waals surface area (Å²) < 4.78 is 1.85. The summed E-state index contributed by atoms with van der Waals surface area (Å²) in [4.78, 5) is 18.7. The highest BCUT2D eigenvalue weighted by atomic mass is 16.1. The van der Waals surface area contributed by atoms with Crippen LogP contribution in [0.1, 0.15) is 0 Å². The van der Waals surface area contributed by atoms with Gasteiger partial charge in [-0.15, -0.1) is 0 Å². The van der Waals surface area contributed by atoms with Gasteiger partial charge in [0, 0.05) is 23.3 Å². The van der Waals surface area contributed by atoms with E-state index in [4.69, 9.17) is 5.73 Å². The Hall–Kier alpha value is -3.08. The topological polar surface area (TPSA) is 76.2 Å². The minimum atomic E-state index is -0.109. The number of H-pyrrole nitrogens is 1. The molecule has 3 heterocycles. The van der Waals surface area contributed by atoms with E-state index in [1.807, 2.05) is 47.0 Å². The summed E-state index contributed by atoms with van der Waals surface area (Å²) in [6.07, 6.45) is 1.89. The number of nitrogens with one attached hydrogen (secondary N) is 1. The van der Waals surface area contributed by atoms with E-state index >= 15 is 0 Å². The zero-order valence-corrected chi connectivity index (χ0v) is 11.1. The molecule has 3 aromatic heterocycles. The predicted molar refractivity (Wildman–Crippen MR) is 83.2 cm³/mol. The van der Waals surface area contributed by atoms with Crippen LogP contribution in [0.2, 0.25) is 0 Å². The van der Waals surface area contributed by atoms with Gasteiger partial charge in [-0.1, -0.05) is 12.1 Å². The molecule has 0 spiro atoms. The van der Waals surface area contributed by atoms with Gasteiger partial charge in [0.1, 0.15) is 17.2 Å². The van der Waals surface area contributed by atoms with Crippen molar-refractivity contribution in [1.82, 2.24) is 14.4 Å². The fraction of sp³-hybridized carbons (Fsp3) is 0. The van der Waals surface area contributed by atoms with Gasteiger partial charge in [-0.25, -0.2) is 4.98 Å². The average molecular weight is 276 g/mol. The third-order valence-corrected chi connectivity index (χ3v) is 3.56. The number of imidazole rings is 1. The molecule has 1 aromatic carbocycles. The molecule has 0 unspecified atom stereocenters. The molecule has 0 radical (unpaired) electrons. The Morgan fingerprint density at radius 2 is 2.00 bits per heavy atom. The smallest absolute Gasteiger partial charge is 0.248 e. The van der Waals surface area contributed by atoms with Gasteiger partial charge in [0.25, 0.3) is 0 Å². The standard InChI is InChI=1S/C16H12N4O/c17-16-15(19-13-3-1-2-8-20(13)16)11-4-6-12-10(9-11)5-7-14(21)18-12/h1-9H,17H2,(H,18,21). The number of rotatable bonds is 1. The lowest BCUT2D eigenvalue weighted by Crippen LogP contribution is -2.02. The number of nitrogens with two attached hydrogens (primary N) is 1. The Bertz CT molecular complexity index is 1030. The van der Waals surface area contributed by atoms with E-state index in [9.17, 15) is 4.79 Å². The van der Waals surface area contributed by atoms with Crippen molar-refractivity contribution in [2.45, 2.75) is 0 Å². The summed E-state index contributed by atoms with van der Waals surface area (Å²) in [5.41, 5.74) is 9.36. The minimum Gasteiger partial charge on any atom is -0.383 e. The molecule has 0 atom stereocenters. The first-order chi connectivity index (χ1) is 10.2. The monoisotopic (exact) mass is 276 g/mol. The number of pyridine rings is 2. The number of nitrogens with zero attached hydrogens (tertiary/aromatic N) is 2. The Labute approximate surface area is 119 Å². The molecule has 0 bridgehead atoms. The van der Waals surface area contributed by atoms with Crippen molar-refractivity contribution in [3.8, 4) is 11.3 Å². The van der Waals surface area contributed by atoms with Gasteiger partial charge in [0.15, 0.2) is 0 Å². The number of hydrogen-bond acceptors (Lipinski definition) is 3. The number of hydrogen-bond donors (Lipinski definition) is 2. The van der Waals surface area contributed by atoms with E-state index in [2.05, 4.69) is 9.97 Å². The number of aromatic nitrogens is 3. The van der Waals surface area contributed by atoms with E-state index in [1.165, 1.54) is 6.07 Å². The van der Waals surface area contributed by atoms with Gasteiger partial charge in [0.2, 0.25) is 5.56 Å². The zero-order chi connectivity index (χ0) is 14.4. The molecule has 4 aromatic rings. The maximum Gasteiger partial charge on any atom is 0.248 e. The lowest BCUT2D eigenvalue weighted by molar-refractivity contribution is 1.20. The summed E-state index contributed by atoms with van der Waals surface area (Å²) >= 11 is 0. The van der Waals surface area contributed by atoms with Crippen LogP contribution in [0.5, 0.6) is 0 Å². The van der Waals surface area contributed by atoms with Crippen molar-refractivity contribution < 1.29 is 0 Å². The number of fused-ring (bicyclic) bond motifs is 2. The SMILES string of the molecule is Nc1c(-c2ccc3[nH]c(=O)ccc3c2)nc2ccccn12. The first kappa shape index (κ1) is 11.7. The highest BCUT2D eigenvalue weighted by Crippen LogP contribution is 2.28. The number of benzene rings is 1. The van der Waals surface area contributed by atoms with Gasteiger partial charge >= 0.3 is 0 Å². The molecular weight excluding hydrogens is 264 g/mol. The quantitative estimate of drug-likeness (QED) is 0.560. The van der Waals surface area contributed by atoms with Gasteiger partial charge in [-0.05, 0) is 35.7 Å². The Morgan fingerprint density at radius 1 is 1.10 bits per heavy atom. The van der Waals surface area contributed by atoms with Crippen LogP contribution in [0.4, 0.5) is 5.82 Å². The molecule has 4 rings (SSSR count). The first-order valence-electron chi connectivity index (χ1n) is 6.58. The number of anilines is 1. The molecule has 5 nitrogen and oxygen atoms in total. The molecule has 5 heteroatoms. The van der Waals surface area contributed by atoms with Crippen molar-refractivity contribution in [2.75, 3.05) is 5.73 Å². The average Bonchev–Trinajstić information content (AvgIpc) is 2.84. The van der Waals surface area contributed by atoms with Crippen LogP contribution in [0, 0.1) is 0 Å². The van der Waals surface area contributed by atoms with Crippen LogP contribution in [-0.4, -0.2) is 14.4 Å². The zero-order valence-electron chi connectivity index (χ0n) is 11.1. The largest absolute Gasteiger partial charge is 0.383 e. The van der Waals surface area contributed by atoms with Crippen LogP contribution < -0.4 is 11.3 Å². The molecule has 102 valence electrons. The van der Waals surface area contributed by atoms with E-state index in [1.54, 1.807) is 6.07 Å². The molecule has 3 N–H and O–H groups in total. The summed E-state index contributed by atoms with van der Waals surface area (Å²) in [7, 11) is 0. The normalized spacial score (nSPS) is 11.2. The third-order valence-electron chi connectivity index (χ3n) is 3.56. The Morgan fingerprint density at radius 3 is 2.86 bits per heavy atom. The van der Waals surface area contributed by atoms with Gasteiger partial charge in [0.05, 0.1) is 0 Å². The summed E-state index contributed by atoms with van der Waals surface area (Å²) in [5, 5.41) is 0.948. The lowest BCUT2D eigenvalue weighted by Gasteiger charge is -2.02. The second-order valence-electron chi connectivity index (χ2n) is 4.90. The highest BCUT2D eigenvalue weighted by molar-refractivity contribution is 5.86. The third kappa shape index (κ3) is 1.79. The molecule has 0 aliphatic heterocycles. The van der Waals surface area contributed by atoms with Crippen LogP contribution in [-0.2, 0) is 0 Å². The number of nitrogen functional groups attached to an aromatic ring is 1. The van der Waals surface area contributed by atoms with E-state index < -0.39 is 0 Å². The fourth-order valence-corrected chi connectivity index (χ4v) is 2.53. The lowest BCUT2D eigenvalue weighted by atomic mass is 10.1. The van der Waals surface area contributed by atoms with Crippen molar-refractivity contribution >= 4 is 22.4 Å². The van der Waals surface area contributed by atoms with Gasteiger partial charge < -0.3 is 10.7 Å². The second-order valence-corrected chi connectivity index (χ2v) is 4.90.